The zero-order valence-electron chi connectivity index (χ0n) is 16.3. The smallest absolute Gasteiger partial charge is 0.312 e. The van der Waals surface area contributed by atoms with Gasteiger partial charge in [0.15, 0.2) is 6.61 Å². The Labute approximate surface area is 183 Å². The summed E-state index contributed by atoms with van der Waals surface area (Å²) in [5, 5.41) is 3.20. The summed E-state index contributed by atoms with van der Waals surface area (Å²) in [6.45, 7) is 2.12. The van der Waals surface area contributed by atoms with Crippen LogP contribution in [0.4, 0.5) is 4.39 Å². The van der Waals surface area contributed by atoms with E-state index in [0.29, 0.717) is 22.8 Å². The number of amides is 1. The minimum Gasteiger partial charge on any atom is -0.455 e. The molecule has 5 nitrogen and oxygen atoms in total. The lowest BCUT2D eigenvalue weighted by Gasteiger charge is -2.20. The Morgan fingerprint density at radius 1 is 1.20 bits per heavy atom. The highest BCUT2D eigenvalue weighted by molar-refractivity contribution is 7.13. The van der Waals surface area contributed by atoms with Crippen molar-refractivity contribution in [2.75, 3.05) is 13.2 Å². The largest absolute Gasteiger partial charge is 0.455 e. The van der Waals surface area contributed by atoms with Crippen LogP contribution >= 0.6 is 22.9 Å². The number of benzene rings is 2. The van der Waals surface area contributed by atoms with Gasteiger partial charge in [-0.25, -0.2) is 9.37 Å². The second-order valence-corrected chi connectivity index (χ2v) is 7.82. The normalized spacial score (nSPS) is 10.6. The zero-order chi connectivity index (χ0) is 21.5. The van der Waals surface area contributed by atoms with Gasteiger partial charge in [0.05, 0.1) is 12.1 Å². The molecule has 0 unspecified atom stereocenters. The molecule has 0 spiro atoms. The number of halogens is 2. The lowest BCUT2D eigenvalue weighted by atomic mass is 10.2. The maximum Gasteiger partial charge on any atom is 0.312 e. The van der Waals surface area contributed by atoms with Crippen molar-refractivity contribution in [2.24, 2.45) is 0 Å². The second kappa shape index (κ2) is 10.3. The van der Waals surface area contributed by atoms with E-state index >= 15 is 0 Å². The number of rotatable bonds is 8. The molecule has 0 atom stereocenters. The number of aromatic nitrogens is 1. The highest BCUT2D eigenvalue weighted by atomic mass is 35.5. The van der Waals surface area contributed by atoms with E-state index in [9.17, 15) is 14.0 Å². The van der Waals surface area contributed by atoms with Crippen LogP contribution in [0.2, 0.25) is 5.02 Å². The summed E-state index contributed by atoms with van der Waals surface area (Å²) in [4.78, 5) is 30.4. The highest BCUT2D eigenvalue weighted by Gasteiger charge is 2.16. The van der Waals surface area contributed by atoms with E-state index in [4.69, 9.17) is 16.3 Å². The molecule has 8 heteroatoms. The van der Waals surface area contributed by atoms with E-state index in [-0.39, 0.29) is 31.3 Å². The Hall–Kier alpha value is -2.77. The number of likely N-dealkylation sites (N-methyl/N-ethyl adjacent to an activating group) is 1. The van der Waals surface area contributed by atoms with Gasteiger partial charge in [-0.15, -0.1) is 11.3 Å². The maximum absolute atomic E-state index is 13.3. The first-order chi connectivity index (χ1) is 14.4. The summed E-state index contributed by atoms with van der Waals surface area (Å²) in [6, 6.07) is 13.3. The Bertz CT molecular complexity index is 1020. The third-order valence-electron chi connectivity index (χ3n) is 4.32. The summed E-state index contributed by atoms with van der Waals surface area (Å²) in [6.07, 6.45) is -0.0204. The molecular formula is C22H20ClFN2O3S. The zero-order valence-corrected chi connectivity index (χ0v) is 17.9. The van der Waals surface area contributed by atoms with Gasteiger partial charge in [-0.1, -0.05) is 35.9 Å². The summed E-state index contributed by atoms with van der Waals surface area (Å²) in [5.41, 5.74) is 2.17. The molecule has 2 aromatic carbocycles. The van der Waals surface area contributed by atoms with E-state index in [0.717, 1.165) is 10.6 Å². The molecule has 0 bridgehead atoms. The van der Waals surface area contributed by atoms with Gasteiger partial charge in [0.25, 0.3) is 5.91 Å². The van der Waals surface area contributed by atoms with Crippen LogP contribution in [0.5, 0.6) is 0 Å². The molecule has 0 saturated carbocycles. The molecule has 156 valence electrons. The molecule has 3 aromatic rings. The van der Waals surface area contributed by atoms with Crippen molar-refractivity contribution in [3.63, 3.8) is 0 Å². The molecule has 1 amide bonds. The van der Waals surface area contributed by atoms with Gasteiger partial charge in [0.2, 0.25) is 0 Å². The van der Waals surface area contributed by atoms with E-state index < -0.39 is 5.97 Å². The summed E-state index contributed by atoms with van der Waals surface area (Å²) in [5.74, 6) is -1.22. The van der Waals surface area contributed by atoms with Crippen LogP contribution < -0.4 is 0 Å². The van der Waals surface area contributed by atoms with E-state index in [1.54, 1.807) is 29.6 Å². The molecule has 0 fully saturated rings. The molecule has 1 heterocycles. The van der Waals surface area contributed by atoms with Crippen LogP contribution in [0.3, 0.4) is 0 Å². The number of thiazole rings is 1. The number of hydrogen-bond acceptors (Lipinski definition) is 5. The molecule has 1 aromatic heterocycles. The van der Waals surface area contributed by atoms with Crippen molar-refractivity contribution in [1.29, 1.82) is 0 Å². The van der Waals surface area contributed by atoms with E-state index in [1.807, 2.05) is 19.1 Å². The average molecular weight is 447 g/mol. The van der Waals surface area contributed by atoms with Gasteiger partial charge >= 0.3 is 5.97 Å². The van der Waals surface area contributed by atoms with Crippen molar-refractivity contribution < 1.29 is 18.7 Å². The van der Waals surface area contributed by atoms with Crippen molar-refractivity contribution >= 4 is 34.8 Å². The minimum atomic E-state index is -0.530. The van der Waals surface area contributed by atoms with Gasteiger partial charge in [-0.2, -0.15) is 0 Å². The first-order valence-corrected chi connectivity index (χ1v) is 10.6. The van der Waals surface area contributed by atoms with Crippen LogP contribution in [0.15, 0.2) is 53.9 Å². The molecule has 30 heavy (non-hydrogen) atoms. The Kier molecular flexibility index (Phi) is 7.54. The minimum absolute atomic E-state index is 0.0204. The Morgan fingerprint density at radius 3 is 2.67 bits per heavy atom. The molecule has 0 aliphatic rings. The van der Waals surface area contributed by atoms with Crippen molar-refractivity contribution in [3.05, 3.63) is 76.0 Å². The van der Waals surface area contributed by atoms with Crippen LogP contribution in [-0.2, 0) is 27.3 Å². The van der Waals surface area contributed by atoms with Gasteiger partial charge in [0.1, 0.15) is 10.8 Å². The van der Waals surface area contributed by atoms with Gasteiger partial charge in [-0.05, 0) is 36.8 Å². The number of carbonyl (C=O) groups is 2. The molecule has 0 aliphatic heterocycles. The fourth-order valence-corrected chi connectivity index (χ4v) is 3.73. The first-order valence-electron chi connectivity index (χ1n) is 9.32. The topological polar surface area (TPSA) is 59.5 Å². The fraction of sp³-hybridized carbons (Fsp3) is 0.227. The summed E-state index contributed by atoms with van der Waals surface area (Å²) >= 11 is 7.31. The van der Waals surface area contributed by atoms with E-state index in [2.05, 4.69) is 4.98 Å². The summed E-state index contributed by atoms with van der Waals surface area (Å²) in [7, 11) is 0. The van der Waals surface area contributed by atoms with Crippen molar-refractivity contribution in [3.8, 4) is 10.6 Å². The highest BCUT2D eigenvalue weighted by Crippen LogP contribution is 2.25. The number of esters is 1. The Morgan fingerprint density at radius 2 is 1.97 bits per heavy atom. The number of carbonyl (C=O) groups excluding carboxylic acids is 2. The standard InChI is InChI=1S/C22H20ClFN2O3S/c1-2-26(12-15-4-3-5-18(24)10-15)20(27)13-29-21(28)11-19-14-30-22(25-19)16-6-8-17(23)9-7-16/h3-10,14H,2,11-13H2,1H3. The molecular weight excluding hydrogens is 427 g/mol. The molecule has 0 N–H and O–H groups in total. The van der Waals surface area contributed by atoms with E-state index in [1.165, 1.54) is 28.4 Å². The van der Waals surface area contributed by atoms with Crippen molar-refractivity contribution in [2.45, 2.75) is 19.9 Å². The molecule has 3 rings (SSSR count). The third-order valence-corrected chi connectivity index (χ3v) is 5.51. The fourth-order valence-electron chi connectivity index (χ4n) is 2.78. The predicted molar refractivity (Wildman–Crippen MR) is 115 cm³/mol. The Balaban J connectivity index is 1.51. The predicted octanol–water partition coefficient (Wildman–Crippen LogP) is 4.74. The van der Waals surface area contributed by atoms with Crippen LogP contribution in [-0.4, -0.2) is 34.9 Å². The number of hydrogen-bond donors (Lipinski definition) is 0. The first kappa shape index (κ1) is 21.9. The second-order valence-electron chi connectivity index (χ2n) is 6.53. The molecule has 0 radical (unpaired) electrons. The molecule has 0 aliphatic carbocycles. The van der Waals surface area contributed by atoms with Crippen LogP contribution in [0, 0.1) is 5.82 Å². The van der Waals surface area contributed by atoms with Gasteiger partial charge in [-0.3, -0.25) is 9.59 Å². The average Bonchev–Trinajstić information content (AvgIpc) is 3.19. The SMILES string of the molecule is CCN(Cc1cccc(F)c1)C(=O)COC(=O)Cc1csc(-c2ccc(Cl)cc2)n1. The van der Waals surface area contributed by atoms with Crippen LogP contribution in [0.25, 0.3) is 10.6 Å². The number of nitrogens with zero attached hydrogens (tertiary/aromatic N) is 2. The number of ether oxygens (including phenoxy) is 1. The third kappa shape index (κ3) is 6.11. The monoisotopic (exact) mass is 446 g/mol. The maximum atomic E-state index is 13.3. The lowest BCUT2D eigenvalue weighted by Crippen LogP contribution is -2.34. The van der Waals surface area contributed by atoms with Crippen LogP contribution in [0.1, 0.15) is 18.2 Å². The van der Waals surface area contributed by atoms with Gasteiger partial charge in [0, 0.05) is 29.1 Å². The lowest BCUT2D eigenvalue weighted by molar-refractivity contribution is -0.151. The summed E-state index contributed by atoms with van der Waals surface area (Å²) < 4.78 is 18.5. The van der Waals surface area contributed by atoms with Crippen molar-refractivity contribution in [1.82, 2.24) is 9.88 Å². The quantitative estimate of drug-likeness (QED) is 0.469. The van der Waals surface area contributed by atoms with Gasteiger partial charge < -0.3 is 9.64 Å². The molecule has 0 saturated heterocycles.